The van der Waals surface area contributed by atoms with E-state index in [1.54, 1.807) is 0 Å². The monoisotopic (exact) mass is 296 g/mol. The number of imidazole rings is 1. The number of anilines is 1. The first-order valence-electron chi connectivity index (χ1n) is 8.04. The molecule has 21 heavy (non-hydrogen) atoms. The Balaban J connectivity index is 2.55. The molecule has 1 rings (SSSR count). The highest BCUT2D eigenvalue weighted by Crippen LogP contribution is 2.15. The maximum Gasteiger partial charge on any atom is 0.205 e. The molecule has 0 saturated carbocycles. The molecule has 0 aromatic carbocycles. The quantitative estimate of drug-likeness (QED) is 0.674. The minimum Gasteiger partial charge on any atom is -0.382 e. The summed E-state index contributed by atoms with van der Waals surface area (Å²) < 4.78 is 7.62. The van der Waals surface area contributed by atoms with Crippen molar-refractivity contribution in [1.82, 2.24) is 9.55 Å². The fraction of sp³-hybridized carbons (Fsp3) is 0.812. The Morgan fingerprint density at radius 3 is 2.76 bits per heavy atom. The smallest absolute Gasteiger partial charge is 0.205 e. The lowest BCUT2D eigenvalue weighted by molar-refractivity contribution is 0.141. The second-order valence-electron chi connectivity index (χ2n) is 6.04. The van der Waals surface area contributed by atoms with Gasteiger partial charge in [-0.05, 0) is 32.6 Å². The summed E-state index contributed by atoms with van der Waals surface area (Å²) in [7, 11) is 2.09. The number of hydrogen-bond acceptors (Lipinski definition) is 4. The van der Waals surface area contributed by atoms with Gasteiger partial charge in [-0.2, -0.15) is 0 Å². The highest BCUT2D eigenvalue weighted by molar-refractivity contribution is 5.32. The third-order valence-corrected chi connectivity index (χ3v) is 3.76. The van der Waals surface area contributed by atoms with Crippen molar-refractivity contribution in [3.63, 3.8) is 0 Å². The standard InChI is InChI=1S/C16H32N4O/c1-6-21-11-7-9-20-12-14(4)18-16(20)19(5)10-8-15(17)13(2)3/h12-13,15H,6-11,17H2,1-5H3. The molecule has 0 bridgehead atoms. The molecule has 0 amide bonds. The molecule has 0 aliphatic heterocycles. The molecule has 5 nitrogen and oxygen atoms in total. The maximum atomic E-state index is 6.13. The van der Waals surface area contributed by atoms with Gasteiger partial charge in [0.1, 0.15) is 0 Å². The average molecular weight is 296 g/mol. The second-order valence-corrected chi connectivity index (χ2v) is 6.04. The van der Waals surface area contributed by atoms with Gasteiger partial charge in [-0.1, -0.05) is 13.8 Å². The molecule has 1 heterocycles. The molecule has 0 aliphatic carbocycles. The molecule has 0 aliphatic rings. The maximum absolute atomic E-state index is 6.13. The molecule has 1 aromatic rings. The molecule has 1 aromatic heterocycles. The van der Waals surface area contributed by atoms with Crippen LogP contribution in [0.3, 0.4) is 0 Å². The second kappa shape index (κ2) is 9.05. The van der Waals surface area contributed by atoms with E-state index in [1.165, 1.54) is 0 Å². The molecule has 0 saturated heterocycles. The van der Waals surface area contributed by atoms with Crippen LogP contribution in [0.5, 0.6) is 0 Å². The Morgan fingerprint density at radius 2 is 2.14 bits per heavy atom. The van der Waals surface area contributed by atoms with E-state index >= 15 is 0 Å². The Kier molecular flexibility index (Phi) is 7.75. The van der Waals surface area contributed by atoms with Gasteiger partial charge < -0.3 is 19.9 Å². The zero-order chi connectivity index (χ0) is 15.8. The SMILES string of the molecule is CCOCCCn1cc(C)nc1N(C)CCC(N)C(C)C. The largest absolute Gasteiger partial charge is 0.382 e. The minimum absolute atomic E-state index is 0.245. The van der Waals surface area contributed by atoms with E-state index < -0.39 is 0 Å². The van der Waals surface area contributed by atoms with Crippen molar-refractivity contribution in [2.75, 3.05) is 31.7 Å². The summed E-state index contributed by atoms with van der Waals surface area (Å²) in [5, 5.41) is 0. The predicted molar refractivity (Wildman–Crippen MR) is 88.8 cm³/mol. The number of nitrogens with zero attached hydrogens (tertiary/aromatic N) is 3. The number of rotatable bonds is 10. The van der Waals surface area contributed by atoms with Crippen LogP contribution < -0.4 is 10.6 Å². The van der Waals surface area contributed by atoms with Gasteiger partial charge in [0.2, 0.25) is 5.95 Å². The van der Waals surface area contributed by atoms with Crippen LogP contribution in [0.15, 0.2) is 6.20 Å². The van der Waals surface area contributed by atoms with Crippen molar-refractivity contribution < 1.29 is 4.74 Å². The van der Waals surface area contributed by atoms with Crippen LogP contribution in [0.2, 0.25) is 0 Å². The van der Waals surface area contributed by atoms with Gasteiger partial charge in [0.15, 0.2) is 0 Å². The summed E-state index contributed by atoms with van der Waals surface area (Å²) in [6.07, 6.45) is 4.11. The van der Waals surface area contributed by atoms with Crippen LogP contribution in [0.4, 0.5) is 5.95 Å². The van der Waals surface area contributed by atoms with Gasteiger partial charge >= 0.3 is 0 Å². The lowest BCUT2D eigenvalue weighted by Crippen LogP contribution is -2.32. The Labute approximate surface area is 129 Å². The fourth-order valence-corrected chi connectivity index (χ4v) is 2.26. The van der Waals surface area contributed by atoms with Gasteiger partial charge in [0.05, 0.1) is 5.69 Å². The van der Waals surface area contributed by atoms with Crippen molar-refractivity contribution in [2.45, 2.75) is 53.1 Å². The molecule has 0 fully saturated rings. The zero-order valence-electron chi connectivity index (χ0n) is 14.3. The summed E-state index contributed by atoms with van der Waals surface area (Å²) in [4.78, 5) is 6.84. The van der Waals surface area contributed by atoms with Gasteiger partial charge in [-0.15, -0.1) is 0 Å². The Morgan fingerprint density at radius 1 is 1.43 bits per heavy atom. The van der Waals surface area contributed by atoms with Crippen LogP contribution in [0.1, 0.15) is 39.3 Å². The van der Waals surface area contributed by atoms with E-state index in [-0.39, 0.29) is 6.04 Å². The lowest BCUT2D eigenvalue weighted by Gasteiger charge is -2.23. The van der Waals surface area contributed by atoms with Crippen molar-refractivity contribution in [3.05, 3.63) is 11.9 Å². The topological polar surface area (TPSA) is 56.3 Å². The highest BCUT2D eigenvalue weighted by Gasteiger charge is 2.13. The van der Waals surface area contributed by atoms with Crippen LogP contribution in [0, 0.1) is 12.8 Å². The van der Waals surface area contributed by atoms with Gasteiger partial charge in [0, 0.05) is 45.6 Å². The molecule has 5 heteroatoms. The summed E-state index contributed by atoms with van der Waals surface area (Å²) in [6, 6.07) is 0.245. The van der Waals surface area contributed by atoms with Crippen molar-refractivity contribution >= 4 is 5.95 Å². The summed E-state index contributed by atoms with van der Waals surface area (Å²) in [5.74, 6) is 1.55. The van der Waals surface area contributed by atoms with Gasteiger partial charge in [0.25, 0.3) is 0 Å². The highest BCUT2D eigenvalue weighted by atomic mass is 16.5. The fourth-order valence-electron chi connectivity index (χ4n) is 2.26. The first-order chi connectivity index (χ1) is 9.95. The van der Waals surface area contributed by atoms with Crippen molar-refractivity contribution in [2.24, 2.45) is 11.7 Å². The third-order valence-electron chi connectivity index (χ3n) is 3.76. The van der Waals surface area contributed by atoms with Crippen molar-refractivity contribution in [3.8, 4) is 0 Å². The zero-order valence-corrected chi connectivity index (χ0v) is 14.3. The van der Waals surface area contributed by atoms with E-state index in [2.05, 4.69) is 41.5 Å². The van der Waals surface area contributed by atoms with Gasteiger partial charge in [-0.3, -0.25) is 0 Å². The molecule has 0 spiro atoms. The molecule has 1 unspecified atom stereocenters. The van der Waals surface area contributed by atoms with E-state index in [1.807, 2.05) is 13.8 Å². The first kappa shape index (κ1) is 18.0. The van der Waals surface area contributed by atoms with Crippen molar-refractivity contribution in [1.29, 1.82) is 0 Å². The minimum atomic E-state index is 0.245. The van der Waals surface area contributed by atoms with Crippen LogP contribution >= 0.6 is 0 Å². The van der Waals surface area contributed by atoms with Crippen LogP contribution in [0.25, 0.3) is 0 Å². The summed E-state index contributed by atoms with van der Waals surface area (Å²) >= 11 is 0. The number of ether oxygens (including phenoxy) is 1. The summed E-state index contributed by atoms with van der Waals surface area (Å²) in [6.45, 7) is 11.9. The predicted octanol–water partition coefficient (Wildman–Crippen LogP) is 2.43. The van der Waals surface area contributed by atoms with E-state index in [0.717, 1.165) is 50.8 Å². The lowest BCUT2D eigenvalue weighted by atomic mass is 10.0. The Hall–Kier alpha value is -1.07. The first-order valence-corrected chi connectivity index (χ1v) is 8.04. The molecule has 122 valence electrons. The molecular formula is C16H32N4O. The van der Waals surface area contributed by atoms with E-state index in [4.69, 9.17) is 10.5 Å². The molecular weight excluding hydrogens is 264 g/mol. The Bertz CT molecular complexity index is 403. The summed E-state index contributed by atoms with van der Waals surface area (Å²) in [5.41, 5.74) is 7.19. The number of aromatic nitrogens is 2. The van der Waals surface area contributed by atoms with Crippen LogP contribution in [-0.4, -0.2) is 42.4 Å². The molecule has 2 N–H and O–H groups in total. The normalized spacial score (nSPS) is 12.9. The van der Waals surface area contributed by atoms with Crippen LogP contribution in [-0.2, 0) is 11.3 Å². The third kappa shape index (κ3) is 6.06. The van der Waals surface area contributed by atoms with Gasteiger partial charge in [-0.25, -0.2) is 4.98 Å². The average Bonchev–Trinajstić information content (AvgIpc) is 2.81. The number of hydrogen-bond donors (Lipinski definition) is 1. The van der Waals surface area contributed by atoms with E-state index in [0.29, 0.717) is 5.92 Å². The molecule has 1 atom stereocenters. The molecule has 0 radical (unpaired) electrons. The number of nitrogens with two attached hydrogens (primary N) is 1. The van der Waals surface area contributed by atoms with E-state index in [9.17, 15) is 0 Å². The number of aryl methyl sites for hydroxylation is 2.